The average molecular weight is 1580 g/mol. The number of alkyl carbamates (subject to hydrolysis) is 1. The number of aliphatic hydroxyl groups excluding tert-OH is 2. The predicted octanol–water partition coefficient (Wildman–Crippen LogP) is -3.12. The highest BCUT2D eigenvalue weighted by molar-refractivity contribution is 6.01. The molecule has 12 amide bonds. The molecule has 0 saturated carbocycles. The van der Waals surface area contributed by atoms with Crippen molar-refractivity contribution in [2.75, 3.05) is 26.2 Å². The van der Waals surface area contributed by atoms with Crippen LogP contribution in [0.1, 0.15) is 112 Å². The van der Waals surface area contributed by atoms with Crippen LogP contribution >= 0.6 is 0 Å². The van der Waals surface area contributed by atoms with Gasteiger partial charge in [-0.1, -0.05) is 122 Å². The van der Waals surface area contributed by atoms with Gasteiger partial charge in [-0.15, -0.1) is 0 Å². The molecule has 1 aliphatic heterocycles. The second-order valence-electron chi connectivity index (χ2n) is 26.6. The van der Waals surface area contributed by atoms with Gasteiger partial charge in [0.05, 0.1) is 12.6 Å². The maximum absolute atomic E-state index is 15.8. The first-order valence-corrected chi connectivity index (χ1v) is 34.5. The van der Waals surface area contributed by atoms with Crippen LogP contribution in [0.15, 0.2) is 60.7 Å². The summed E-state index contributed by atoms with van der Waals surface area (Å²) >= 11 is 0. The molecular weight excluding hydrogens is 1480 g/mol. The number of primary amides is 1. The maximum atomic E-state index is 15.8. The Morgan fingerprint density at radius 1 is 0.627 bits per heavy atom. The largest absolute Gasteiger partial charge is 0.490 e. The summed E-state index contributed by atoms with van der Waals surface area (Å²) in [5.41, 5.74) is 16.7. The summed E-state index contributed by atoms with van der Waals surface area (Å²) in [5, 5.41) is 55.8. The van der Waals surface area contributed by atoms with Crippen LogP contribution in [-0.4, -0.2) is 222 Å². The third-order valence-corrected chi connectivity index (χ3v) is 16.3. The molecule has 0 bridgehead atoms. The quantitative estimate of drug-likeness (QED) is 0.0105. The van der Waals surface area contributed by atoms with Crippen LogP contribution < -0.4 is 81.0 Å². The van der Waals surface area contributed by atoms with Crippen LogP contribution in [0, 0.1) is 29.1 Å². The van der Waals surface area contributed by atoms with Crippen LogP contribution in [0.4, 0.5) is 31.1 Å². The molecule has 612 valence electrons. The minimum Gasteiger partial charge on any atom is -0.456 e. The van der Waals surface area contributed by atoms with Gasteiger partial charge in [0.15, 0.2) is 24.2 Å². The van der Waals surface area contributed by atoms with Gasteiger partial charge < -0.3 is 110 Å². The molecule has 3 rings (SSSR count). The van der Waals surface area contributed by atoms with Gasteiger partial charge in [0.2, 0.25) is 65.0 Å². The van der Waals surface area contributed by atoms with Crippen molar-refractivity contribution in [1.29, 1.82) is 5.41 Å². The fraction of sp³-hybridized carbons (Fsp3) is 0.582. The van der Waals surface area contributed by atoms with E-state index in [4.69, 9.17) is 36.8 Å². The molecule has 37 nitrogen and oxygen atoms in total. The van der Waals surface area contributed by atoms with E-state index in [1.54, 1.807) is 47.9 Å². The number of carbonyl (C=O) groups is 15. The Hall–Kier alpha value is -11.0. The Bertz CT molecular complexity index is 3540. The first kappa shape index (κ1) is 93.2. The lowest BCUT2D eigenvalue weighted by Gasteiger charge is -2.35. The minimum absolute atomic E-state index is 0.0769. The average Bonchev–Trinajstić information content (AvgIpc) is 0.803. The van der Waals surface area contributed by atoms with Crippen molar-refractivity contribution in [2.24, 2.45) is 40.9 Å². The van der Waals surface area contributed by atoms with Crippen molar-refractivity contribution in [3.63, 3.8) is 0 Å². The molecule has 1 heterocycles. The SMILES string of the molecule is CC[C@H](C)[C@@H]1NC(=O)[C@@H](CCCNC(=N)N)NC(=O)[C@H](CC(C)C)NC(=O)[C@H]([C@H](OC(=O)C(F)(F)F)C(C)C)NC(=O)[C@@H](NC(=O)[C@H](CC(C)C)NC(=O)[C@H](CN)NC(=O)OCc2ccccc2)[C@@H](c2ccccc2)OC(=O)[C@H](COC(=O)C(F)(F)F)NC(=O)[C@H]([C@H](O)C(N)=O)NC(=O)CNC(=O)[C@H]([C@H](C)O)NC1=O. The number of ether oxygens (including phenoxy) is 4. The van der Waals surface area contributed by atoms with Crippen LogP contribution in [-0.2, 0) is 92.7 Å². The van der Waals surface area contributed by atoms with Crippen LogP contribution in [0.3, 0.4) is 0 Å². The van der Waals surface area contributed by atoms with E-state index >= 15 is 19.2 Å². The smallest absolute Gasteiger partial charge is 0.456 e. The van der Waals surface area contributed by atoms with Crippen molar-refractivity contribution in [2.45, 2.75) is 198 Å². The number of hydrogen-bond acceptors (Lipinski definition) is 23. The molecule has 0 aliphatic carbocycles. The van der Waals surface area contributed by atoms with Gasteiger partial charge in [-0.3, -0.25) is 58.1 Å². The molecular formula is C67H96F6N16O21. The third-order valence-electron chi connectivity index (χ3n) is 16.3. The van der Waals surface area contributed by atoms with Gasteiger partial charge in [0.1, 0.15) is 73.7 Å². The summed E-state index contributed by atoms with van der Waals surface area (Å²) in [6.07, 6.45) is -24.3. The lowest BCUT2D eigenvalue weighted by Crippen LogP contribution is -2.65. The van der Waals surface area contributed by atoms with Crippen LogP contribution in [0.2, 0.25) is 0 Å². The van der Waals surface area contributed by atoms with E-state index in [1.165, 1.54) is 52.8 Å². The van der Waals surface area contributed by atoms with Gasteiger partial charge in [-0.25, -0.2) is 19.2 Å². The third kappa shape index (κ3) is 30.6. The Kier molecular flexibility index (Phi) is 37.2. The maximum Gasteiger partial charge on any atom is 0.490 e. The number of aliphatic hydroxyl groups is 2. The second kappa shape index (κ2) is 43.9. The normalized spacial score (nSPS) is 22.4. The summed E-state index contributed by atoms with van der Waals surface area (Å²) in [7, 11) is 0. The zero-order valence-electron chi connectivity index (χ0n) is 61.4. The highest BCUT2D eigenvalue weighted by Crippen LogP contribution is 2.27. The van der Waals surface area contributed by atoms with E-state index in [9.17, 15) is 89.3 Å². The standard InChI is InChI=1S/C67H96F6N16O21/c1-10-33(8)43-57(99)87-44(34(9)90)56(98)79-27-42(91)85-45(48(92)51(75)93)58(100)83-41(29-107-62(104)66(68,69)70)61(103)109-50(36-20-15-12-16-21-36)47(88-54(96)39(25-31(4)5)81-55(97)40(26-74)84-65(106)108-28-35-18-13-11-14-19-35)60(102)89-46(49(32(6)7)110-63(105)67(71,72)73)59(101)82-38(24-30(2)3)53(95)80-37(52(94)86-43)22-17-23-78-64(76)77/h11-16,18-21,30-34,37-41,43-50,90,92H,10,17,22-29,74H2,1-9H3,(H2,75,93)(H,79,98)(H,80,95)(H,81,97)(H,82,101)(H,83,100)(H,84,106)(H,85,91)(H,86,94)(H,87,99)(H,88,96)(H,89,102)(H4,76,77,78)/t33-,34-,37+,38-,39-,40-,41-,43-,44-,45-,46-,47-,48-,49+,50+/m0/s1. The van der Waals surface area contributed by atoms with Crippen molar-refractivity contribution < 1.29 is 127 Å². The zero-order valence-corrected chi connectivity index (χ0v) is 61.4. The van der Waals surface area contributed by atoms with E-state index in [-0.39, 0.29) is 26.0 Å². The molecule has 1 aliphatic rings. The number of halogens is 6. The van der Waals surface area contributed by atoms with Crippen molar-refractivity contribution in [3.8, 4) is 0 Å². The molecule has 15 atom stereocenters. The summed E-state index contributed by atoms with van der Waals surface area (Å²) in [6, 6.07) is -8.57. The number of cyclic esters (lactones) is 1. The summed E-state index contributed by atoms with van der Waals surface area (Å²) < 4.78 is 105. The molecule has 110 heavy (non-hydrogen) atoms. The highest BCUT2D eigenvalue weighted by Gasteiger charge is 2.49. The van der Waals surface area contributed by atoms with E-state index in [0.29, 0.717) is 5.56 Å². The molecule has 0 radical (unpaired) electrons. The first-order chi connectivity index (χ1) is 51.3. The zero-order chi connectivity index (χ0) is 83.2. The fourth-order valence-electron chi connectivity index (χ4n) is 10.4. The lowest BCUT2D eigenvalue weighted by atomic mass is 9.95. The number of amides is 12. The van der Waals surface area contributed by atoms with Crippen LogP contribution in [0.25, 0.3) is 0 Å². The molecule has 1 saturated heterocycles. The van der Waals surface area contributed by atoms with E-state index in [0.717, 1.165) is 32.9 Å². The number of benzene rings is 2. The van der Waals surface area contributed by atoms with Gasteiger partial charge >= 0.3 is 36.4 Å². The molecule has 2 aromatic carbocycles. The molecule has 0 unspecified atom stereocenters. The number of esters is 3. The summed E-state index contributed by atoms with van der Waals surface area (Å²) in [6.45, 7) is 7.68. The molecule has 1 fully saturated rings. The molecule has 21 N–H and O–H groups in total. The Morgan fingerprint density at radius 2 is 1.17 bits per heavy atom. The minimum atomic E-state index is -5.90. The highest BCUT2D eigenvalue weighted by atomic mass is 19.4. The fourth-order valence-corrected chi connectivity index (χ4v) is 10.4. The van der Waals surface area contributed by atoms with Gasteiger partial charge in [0.25, 0.3) is 0 Å². The van der Waals surface area contributed by atoms with Gasteiger partial charge in [-0.05, 0) is 67.4 Å². The number of carbonyl (C=O) groups excluding carboxylic acids is 15. The second-order valence-corrected chi connectivity index (χ2v) is 26.6. The summed E-state index contributed by atoms with van der Waals surface area (Å²) in [4.78, 5) is 212. The number of alkyl halides is 6. The van der Waals surface area contributed by atoms with Crippen molar-refractivity contribution in [3.05, 3.63) is 71.8 Å². The van der Waals surface area contributed by atoms with Crippen LogP contribution in [0.5, 0.6) is 0 Å². The van der Waals surface area contributed by atoms with Crippen molar-refractivity contribution in [1.82, 2.24) is 63.8 Å². The number of hydrogen-bond donors (Lipinski definition) is 18. The van der Waals surface area contributed by atoms with Gasteiger partial charge in [-0.2, -0.15) is 26.3 Å². The molecule has 0 aromatic heterocycles. The van der Waals surface area contributed by atoms with E-state index in [1.807, 2.05) is 5.32 Å². The monoisotopic (exact) mass is 1570 g/mol. The molecule has 2 aromatic rings. The molecule has 43 heteroatoms. The number of guanidine groups is 1. The predicted molar refractivity (Wildman–Crippen MR) is 370 cm³/mol. The van der Waals surface area contributed by atoms with Crippen molar-refractivity contribution >= 4 is 94.9 Å². The Morgan fingerprint density at radius 3 is 1.71 bits per heavy atom. The Labute approximate surface area is 626 Å². The first-order valence-electron chi connectivity index (χ1n) is 34.5. The number of nitrogens with one attached hydrogen (secondary N) is 13. The Balaban J connectivity index is 2.61. The molecule has 0 spiro atoms. The van der Waals surface area contributed by atoms with E-state index < -0.39 is 260 Å². The van der Waals surface area contributed by atoms with Gasteiger partial charge in [0, 0.05) is 13.1 Å². The van der Waals surface area contributed by atoms with E-state index in [2.05, 4.69) is 52.6 Å². The lowest BCUT2D eigenvalue weighted by molar-refractivity contribution is -0.208. The summed E-state index contributed by atoms with van der Waals surface area (Å²) in [5.74, 6) is -29.3. The number of nitrogens with two attached hydrogens (primary N) is 3. The number of rotatable bonds is 27. The topological polar surface area (TPSA) is 580 Å².